The highest BCUT2D eigenvalue weighted by molar-refractivity contribution is 5.71. The molecule has 0 aromatic heterocycles. The Balaban J connectivity index is 4.67. The van der Waals surface area contributed by atoms with Crippen LogP contribution in [0.1, 0.15) is 181 Å². The average molecular weight is 933 g/mol. The molecule has 0 aromatic rings. The Kier molecular flexibility index (Phi) is 50.2. The molecule has 0 spiro atoms. The van der Waals surface area contributed by atoms with Crippen molar-refractivity contribution in [3.8, 4) is 0 Å². The first-order chi connectivity index (χ1) is 33.5. The van der Waals surface area contributed by atoms with E-state index in [1.165, 1.54) is 44.9 Å². The Labute approximate surface area is 415 Å². The molecule has 0 radical (unpaired) electrons. The van der Waals surface area contributed by atoms with E-state index < -0.39 is 6.10 Å². The van der Waals surface area contributed by atoms with Gasteiger partial charge in [-0.05, 0) is 83.5 Å². The van der Waals surface area contributed by atoms with Crippen LogP contribution in [0.4, 0.5) is 0 Å². The molecule has 0 amide bonds. The molecule has 6 heteroatoms. The Morgan fingerprint density at radius 1 is 0.309 bits per heavy atom. The number of esters is 3. The lowest BCUT2D eigenvalue weighted by atomic mass is 10.1. The molecular formula is C62H92O6. The van der Waals surface area contributed by atoms with Crippen molar-refractivity contribution in [3.63, 3.8) is 0 Å². The minimum absolute atomic E-state index is 0.134. The summed E-state index contributed by atoms with van der Waals surface area (Å²) >= 11 is 0. The normalized spacial score (nSPS) is 13.5. The van der Waals surface area contributed by atoms with Crippen molar-refractivity contribution in [1.29, 1.82) is 0 Å². The van der Waals surface area contributed by atoms with Crippen LogP contribution in [0.5, 0.6) is 0 Å². The van der Waals surface area contributed by atoms with Gasteiger partial charge in [-0.25, -0.2) is 0 Å². The standard InChI is InChI=1S/C62H92O6/c1-4-7-10-13-16-19-22-25-28-31-34-37-40-43-46-49-52-55-61(64)67-58-59(57-66-60(63)54-51-48-45-42-39-36-33-30-27-24-21-18-15-12-9-6-3)68-62(65)56-53-50-47-44-41-38-35-32-29-26-23-20-17-14-11-8-5-2/h7-8,10-11,13-14,16-17,19-20,22-23,25-26,28-41,59H,4-6,9,12,15,18,21,24,27,42-58H2,1-3H3/b10-7-,11-8-,16-13-,17-14-,22-19-,23-20-,28-25-,29-26-,33-30-,34-31+,35-32+,39-36-,40-37-,41-38-. The van der Waals surface area contributed by atoms with Crippen molar-refractivity contribution in [2.75, 3.05) is 13.2 Å². The lowest BCUT2D eigenvalue weighted by molar-refractivity contribution is -0.167. The van der Waals surface area contributed by atoms with Gasteiger partial charge in [0, 0.05) is 19.3 Å². The van der Waals surface area contributed by atoms with Crippen molar-refractivity contribution >= 4 is 17.9 Å². The number of rotatable bonds is 44. The molecule has 68 heavy (non-hydrogen) atoms. The summed E-state index contributed by atoms with van der Waals surface area (Å²) in [6, 6.07) is 0. The molecule has 0 aliphatic carbocycles. The topological polar surface area (TPSA) is 78.9 Å². The van der Waals surface area contributed by atoms with Crippen LogP contribution in [-0.4, -0.2) is 37.2 Å². The number of unbranched alkanes of at least 4 members (excludes halogenated alkanes) is 16. The van der Waals surface area contributed by atoms with Gasteiger partial charge in [0.15, 0.2) is 6.10 Å². The molecule has 0 rings (SSSR count). The number of ether oxygens (including phenoxy) is 3. The van der Waals surface area contributed by atoms with Gasteiger partial charge in [0.2, 0.25) is 0 Å². The summed E-state index contributed by atoms with van der Waals surface area (Å²) in [7, 11) is 0. The molecule has 0 aliphatic rings. The van der Waals surface area contributed by atoms with E-state index in [0.29, 0.717) is 19.3 Å². The fraction of sp³-hybridized carbons (Fsp3) is 0.500. The number of carbonyl (C=O) groups excluding carboxylic acids is 3. The van der Waals surface area contributed by atoms with Crippen LogP contribution < -0.4 is 0 Å². The molecular weight excluding hydrogens is 841 g/mol. The van der Waals surface area contributed by atoms with Gasteiger partial charge in [0.25, 0.3) is 0 Å². The molecule has 0 bridgehead atoms. The summed E-state index contributed by atoms with van der Waals surface area (Å²) in [5, 5.41) is 0. The molecule has 0 aliphatic heterocycles. The van der Waals surface area contributed by atoms with E-state index in [1.54, 1.807) is 0 Å². The summed E-state index contributed by atoms with van der Waals surface area (Å²) in [6.45, 7) is 6.21. The van der Waals surface area contributed by atoms with Crippen LogP contribution in [0.2, 0.25) is 0 Å². The molecule has 0 N–H and O–H groups in total. The van der Waals surface area contributed by atoms with Gasteiger partial charge < -0.3 is 14.2 Å². The van der Waals surface area contributed by atoms with E-state index in [9.17, 15) is 14.4 Å². The fourth-order valence-electron chi connectivity index (χ4n) is 6.38. The zero-order chi connectivity index (χ0) is 49.3. The first-order valence-electron chi connectivity index (χ1n) is 26.3. The van der Waals surface area contributed by atoms with Crippen LogP contribution in [0.25, 0.3) is 0 Å². The first kappa shape index (κ1) is 62.8. The highest BCUT2D eigenvalue weighted by Crippen LogP contribution is 2.12. The minimum Gasteiger partial charge on any atom is -0.462 e. The van der Waals surface area contributed by atoms with E-state index in [0.717, 1.165) is 83.5 Å². The summed E-state index contributed by atoms with van der Waals surface area (Å²) in [5.74, 6) is -1.06. The zero-order valence-corrected chi connectivity index (χ0v) is 42.8. The van der Waals surface area contributed by atoms with Gasteiger partial charge in [0.05, 0.1) is 0 Å². The van der Waals surface area contributed by atoms with Gasteiger partial charge in [0.1, 0.15) is 13.2 Å². The monoisotopic (exact) mass is 933 g/mol. The quantitative estimate of drug-likeness (QED) is 0.0262. The maximum atomic E-state index is 12.8. The number of allylic oxidation sites excluding steroid dienone is 28. The summed E-state index contributed by atoms with van der Waals surface area (Å²) in [4.78, 5) is 38.0. The van der Waals surface area contributed by atoms with Gasteiger partial charge >= 0.3 is 17.9 Å². The molecule has 0 heterocycles. The molecule has 376 valence electrons. The average Bonchev–Trinajstić information content (AvgIpc) is 3.34. The number of hydrogen-bond acceptors (Lipinski definition) is 6. The Morgan fingerprint density at radius 2 is 0.574 bits per heavy atom. The Hall–Kier alpha value is -5.23. The molecule has 0 aromatic carbocycles. The van der Waals surface area contributed by atoms with Crippen LogP contribution >= 0.6 is 0 Å². The van der Waals surface area contributed by atoms with E-state index in [2.05, 4.69) is 69.4 Å². The molecule has 0 saturated carbocycles. The molecule has 6 nitrogen and oxygen atoms in total. The van der Waals surface area contributed by atoms with E-state index in [4.69, 9.17) is 14.2 Å². The third kappa shape index (κ3) is 51.7. The third-order valence-electron chi connectivity index (χ3n) is 10.3. The van der Waals surface area contributed by atoms with E-state index in [-0.39, 0.29) is 44.0 Å². The maximum absolute atomic E-state index is 12.8. The second kappa shape index (κ2) is 54.4. The smallest absolute Gasteiger partial charge is 0.306 e. The van der Waals surface area contributed by atoms with Crippen LogP contribution in [0, 0.1) is 0 Å². The summed E-state index contributed by atoms with van der Waals surface area (Å²) < 4.78 is 16.7. The van der Waals surface area contributed by atoms with Crippen LogP contribution in [0.3, 0.4) is 0 Å². The van der Waals surface area contributed by atoms with Crippen LogP contribution in [-0.2, 0) is 28.6 Å². The van der Waals surface area contributed by atoms with E-state index in [1.807, 2.05) is 122 Å². The Bertz CT molecular complexity index is 1640. The maximum Gasteiger partial charge on any atom is 0.306 e. The van der Waals surface area contributed by atoms with Crippen molar-refractivity contribution in [2.24, 2.45) is 0 Å². The summed E-state index contributed by atoms with van der Waals surface area (Å²) in [6.07, 6.45) is 80.4. The van der Waals surface area contributed by atoms with Gasteiger partial charge in [-0.3, -0.25) is 14.4 Å². The number of hydrogen-bond donors (Lipinski definition) is 0. The molecule has 0 fully saturated rings. The highest BCUT2D eigenvalue weighted by Gasteiger charge is 2.19. The first-order valence-corrected chi connectivity index (χ1v) is 26.3. The largest absolute Gasteiger partial charge is 0.462 e. The van der Waals surface area contributed by atoms with E-state index >= 15 is 0 Å². The predicted molar refractivity (Wildman–Crippen MR) is 292 cm³/mol. The highest BCUT2D eigenvalue weighted by atomic mass is 16.6. The minimum atomic E-state index is -0.841. The van der Waals surface area contributed by atoms with Crippen molar-refractivity contribution < 1.29 is 28.6 Å². The van der Waals surface area contributed by atoms with Crippen LogP contribution in [0.15, 0.2) is 170 Å². The Morgan fingerprint density at radius 3 is 0.912 bits per heavy atom. The SMILES string of the molecule is CC\C=C/C=C\C=C/C=C\C=C\C=C/CCCCCC(=O)OCC(COC(=O)CCCCC/C=C\C=C/CCCCCCCCC)OC(=O)CCCCC\C=C/C=C/C=C\C=C/C=C\C=C/CC. The zero-order valence-electron chi connectivity index (χ0n) is 42.8. The molecule has 0 saturated heterocycles. The second-order valence-electron chi connectivity index (χ2n) is 16.7. The van der Waals surface area contributed by atoms with Gasteiger partial charge in [-0.2, -0.15) is 0 Å². The van der Waals surface area contributed by atoms with Gasteiger partial charge in [-0.1, -0.05) is 249 Å². The van der Waals surface area contributed by atoms with Crippen molar-refractivity contribution in [2.45, 2.75) is 187 Å². The predicted octanol–water partition coefficient (Wildman–Crippen LogP) is 17.6. The molecule has 1 unspecified atom stereocenters. The van der Waals surface area contributed by atoms with Gasteiger partial charge in [-0.15, -0.1) is 0 Å². The lowest BCUT2D eigenvalue weighted by Gasteiger charge is -2.18. The molecule has 1 atom stereocenters. The lowest BCUT2D eigenvalue weighted by Crippen LogP contribution is -2.30. The third-order valence-corrected chi connectivity index (χ3v) is 10.3. The van der Waals surface area contributed by atoms with Crippen molar-refractivity contribution in [3.05, 3.63) is 170 Å². The van der Waals surface area contributed by atoms with Crippen molar-refractivity contribution in [1.82, 2.24) is 0 Å². The number of carbonyl (C=O) groups is 3. The fourth-order valence-corrected chi connectivity index (χ4v) is 6.38. The second-order valence-corrected chi connectivity index (χ2v) is 16.7. The summed E-state index contributed by atoms with van der Waals surface area (Å²) in [5.41, 5.74) is 0.